The molecule has 0 fully saturated rings. The van der Waals surface area contributed by atoms with Gasteiger partial charge in [-0.05, 0) is 29.8 Å². The molecular weight excluding hydrogens is 338 g/mol. The highest BCUT2D eigenvalue weighted by molar-refractivity contribution is 6.03. The molecule has 0 radical (unpaired) electrons. The summed E-state index contributed by atoms with van der Waals surface area (Å²) in [6.07, 6.45) is -0.843. The van der Waals surface area contributed by atoms with Crippen LogP contribution in [0, 0.1) is 0 Å². The van der Waals surface area contributed by atoms with Crippen molar-refractivity contribution in [2.75, 3.05) is 10.6 Å². The van der Waals surface area contributed by atoms with Gasteiger partial charge in [-0.3, -0.25) is 4.79 Å². The van der Waals surface area contributed by atoms with Gasteiger partial charge in [-0.2, -0.15) is 0 Å². The molecule has 0 aromatic heterocycles. The van der Waals surface area contributed by atoms with Crippen LogP contribution in [0.2, 0.25) is 0 Å². The van der Waals surface area contributed by atoms with E-state index in [1.54, 1.807) is 18.2 Å². The molecule has 4 rings (SSSR count). The number of primary amides is 1. The van der Waals surface area contributed by atoms with Crippen molar-refractivity contribution < 1.29 is 9.90 Å². The zero-order valence-corrected chi connectivity index (χ0v) is 14.5. The fraction of sp³-hybridized carbons (Fsp3) is 0.0455. The van der Waals surface area contributed by atoms with Gasteiger partial charge in [0.25, 0.3) is 0 Å². The Hall–Kier alpha value is -3.57. The van der Waals surface area contributed by atoms with Crippen molar-refractivity contribution in [1.29, 1.82) is 0 Å². The van der Waals surface area contributed by atoms with Crippen LogP contribution < -0.4 is 16.4 Å². The largest absolute Gasteiger partial charge is 0.369 e. The monoisotopic (exact) mass is 357 g/mol. The Morgan fingerprint density at radius 3 is 2.41 bits per heavy atom. The molecule has 1 unspecified atom stereocenters. The minimum atomic E-state index is -0.843. The second kappa shape index (κ2) is 6.97. The summed E-state index contributed by atoms with van der Waals surface area (Å²) in [7, 11) is 0. The number of hydrogen-bond acceptors (Lipinski definition) is 4. The molecule has 1 amide bonds. The SMILES string of the molecule is NC(=O)c1cccc(N/C(=C2/c3ccccc3NC2O)c2ccccc2)c1. The van der Waals surface area contributed by atoms with Crippen molar-refractivity contribution >= 4 is 28.6 Å². The maximum atomic E-state index is 11.5. The highest BCUT2D eigenvalue weighted by Gasteiger charge is 2.28. The molecule has 3 aromatic carbocycles. The van der Waals surface area contributed by atoms with E-state index < -0.39 is 12.1 Å². The number of carbonyl (C=O) groups excluding carboxylic acids is 1. The first-order chi connectivity index (χ1) is 13.1. The second-order valence-electron chi connectivity index (χ2n) is 6.32. The molecule has 1 atom stereocenters. The predicted molar refractivity (Wildman–Crippen MR) is 108 cm³/mol. The van der Waals surface area contributed by atoms with Crippen molar-refractivity contribution in [3.8, 4) is 0 Å². The fourth-order valence-electron chi connectivity index (χ4n) is 3.28. The Morgan fingerprint density at radius 2 is 1.63 bits per heavy atom. The topological polar surface area (TPSA) is 87.4 Å². The zero-order valence-electron chi connectivity index (χ0n) is 14.5. The van der Waals surface area contributed by atoms with E-state index in [2.05, 4.69) is 10.6 Å². The number of nitrogens with two attached hydrogens (primary N) is 1. The third-order valence-corrected chi connectivity index (χ3v) is 4.53. The number of fused-ring (bicyclic) bond motifs is 1. The summed E-state index contributed by atoms with van der Waals surface area (Å²) in [4.78, 5) is 11.5. The molecule has 1 aliphatic rings. The lowest BCUT2D eigenvalue weighted by Gasteiger charge is -2.18. The fourth-order valence-corrected chi connectivity index (χ4v) is 3.28. The number of aliphatic hydroxyl groups excluding tert-OH is 1. The van der Waals surface area contributed by atoms with E-state index in [-0.39, 0.29) is 0 Å². The number of para-hydroxylation sites is 1. The van der Waals surface area contributed by atoms with Crippen LogP contribution in [0.4, 0.5) is 11.4 Å². The van der Waals surface area contributed by atoms with E-state index in [0.717, 1.165) is 28.1 Å². The van der Waals surface area contributed by atoms with E-state index in [9.17, 15) is 9.90 Å². The normalized spacial score (nSPS) is 17.0. The molecule has 0 saturated carbocycles. The van der Waals surface area contributed by atoms with E-state index in [4.69, 9.17) is 5.73 Å². The summed E-state index contributed by atoms with van der Waals surface area (Å²) in [6, 6.07) is 24.5. The van der Waals surface area contributed by atoms with Crippen molar-refractivity contribution in [3.63, 3.8) is 0 Å². The molecule has 0 bridgehead atoms. The van der Waals surface area contributed by atoms with E-state index in [1.165, 1.54) is 0 Å². The lowest BCUT2D eigenvalue weighted by atomic mass is 9.99. The molecule has 5 heteroatoms. The predicted octanol–water partition coefficient (Wildman–Crippen LogP) is 3.51. The number of amides is 1. The molecule has 0 spiro atoms. The van der Waals surface area contributed by atoms with Gasteiger partial charge in [-0.1, -0.05) is 54.6 Å². The average molecular weight is 357 g/mol. The number of rotatable bonds is 4. The van der Waals surface area contributed by atoms with Gasteiger partial charge in [-0.25, -0.2) is 0 Å². The second-order valence-corrected chi connectivity index (χ2v) is 6.32. The van der Waals surface area contributed by atoms with Crippen LogP contribution in [-0.2, 0) is 0 Å². The van der Waals surface area contributed by atoms with Crippen LogP contribution in [0.3, 0.4) is 0 Å². The Morgan fingerprint density at radius 1 is 0.926 bits per heavy atom. The standard InChI is InChI=1S/C22H19N3O2/c23-21(26)15-9-6-10-16(13-15)24-20(14-7-2-1-3-8-14)19-17-11-4-5-12-18(17)25-22(19)27/h1-13,22,24-25,27H,(H2,23,26)/b20-19-. The maximum Gasteiger partial charge on any atom is 0.248 e. The van der Waals surface area contributed by atoms with Crippen LogP contribution in [0.1, 0.15) is 21.5 Å². The molecular formula is C22H19N3O2. The van der Waals surface area contributed by atoms with Crippen molar-refractivity contribution in [1.82, 2.24) is 0 Å². The van der Waals surface area contributed by atoms with Gasteiger partial charge in [0.1, 0.15) is 0 Å². The van der Waals surface area contributed by atoms with Crippen molar-refractivity contribution in [2.24, 2.45) is 5.73 Å². The highest BCUT2D eigenvalue weighted by atomic mass is 16.3. The Balaban J connectivity index is 1.87. The smallest absolute Gasteiger partial charge is 0.248 e. The van der Waals surface area contributed by atoms with E-state index in [1.807, 2.05) is 60.7 Å². The number of hydrogen-bond donors (Lipinski definition) is 4. The van der Waals surface area contributed by atoms with Crippen LogP contribution >= 0.6 is 0 Å². The summed E-state index contributed by atoms with van der Waals surface area (Å²) in [6.45, 7) is 0. The third kappa shape index (κ3) is 3.28. The number of aliphatic hydroxyl groups is 1. The van der Waals surface area contributed by atoms with E-state index >= 15 is 0 Å². The Labute approximate surface area is 157 Å². The Kier molecular flexibility index (Phi) is 4.36. The van der Waals surface area contributed by atoms with Gasteiger partial charge in [0.2, 0.25) is 5.91 Å². The molecule has 3 aromatic rings. The molecule has 5 nitrogen and oxygen atoms in total. The maximum absolute atomic E-state index is 11.5. The minimum Gasteiger partial charge on any atom is -0.369 e. The summed E-state index contributed by atoms with van der Waals surface area (Å²) in [5.41, 5.74) is 10.8. The lowest BCUT2D eigenvalue weighted by molar-refractivity contribution is 0.100. The minimum absolute atomic E-state index is 0.419. The molecule has 1 heterocycles. The molecule has 0 aliphatic carbocycles. The molecule has 27 heavy (non-hydrogen) atoms. The number of nitrogens with one attached hydrogen (secondary N) is 2. The quantitative estimate of drug-likeness (QED) is 0.575. The van der Waals surface area contributed by atoms with Crippen LogP contribution in [0.5, 0.6) is 0 Å². The van der Waals surface area contributed by atoms with Gasteiger partial charge in [0, 0.05) is 28.1 Å². The molecule has 134 valence electrons. The lowest BCUT2D eigenvalue weighted by Crippen LogP contribution is -2.16. The van der Waals surface area contributed by atoms with Crippen molar-refractivity contribution in [2.45, 2.75) is 6.23 Å². The number of carbonyl (C=O) groups is 1. The van der Waals surface area contributed by atoms with Gasteiger partial charge in [-0.15, -0.1) is 0 Å². The summed E-state index contributed by atoms with van der Waals surface area (Å²) >= 11 is 0. The van der Waals surface area contributed by atoms with Crippen LogP contribution in [0.15, 0.2) is 78.9 Å². The van der Waals surface area contributed by atoms with Gasteiger partial charge in [0.05, 0.1) is 5.70 Å². The van der Waals surface area contributed by atoms with Gasteiger partial charge in [0.15, 0.2) is 6.23 Å². The third-order valence-electron chi connectivity index (χ3n) is 4.53. The summed E-state index contributed by atoms with van der Waals surface area (Å²) in [5.74, 6) is -0.486. The first-order valence-corrected chi connectivity index (χ1v) is 8.64. The summed E-state index contributed by atoms with van der Waals surface area (Å²) in [5, 5.41) is 17.2. The molecule has 5 N–H and O–H groups in total. The van der Waals surface area contributed by atoms with Crippen LogP contribution in [0.25, 0.3) is 11.3 Å². The first kappa shape index (κ1) is 16.9. The molecule has 1 aliphatic heterocycles. The van der Waals surface area contributed by atoms with Crippen molar-refractivity contribution in [3.05, 3.63) is 95.6 Å². The number of anilines is 2. The molecule has 0 saturated heterocycles. The average Bonchev–Trinajstić information content (AvgIpc) is 3.02. The Bertz CT molecular complexity index is 1030. The van der Waals surface area contributed by atoms with Gasteiger partial charge < -0.3 is 21.5 Å². The number of benzene rings is 3. The zero-order chi connectivity index (χ0) is 18.8. The van der Waals surface area contributed by atoms with E-state index in [0.29, 0.717) is 11.3 Å². The highest BCUT2D eigenvalue weighted by Crippen LogP contribution is 2.39. The first-order valence-electron chi connectivity index (χ1n) is 8.64. The van der Waals surface area contributed by atoms with Crippen LogP contribution in [-0.4, -0.2) is 17.2 Å². The van der Waals surface area contributed by atoms with Gasteiger partial charge >= 0.3 is 0 Å². The summed E-state index contributed by atoms with van der Waals surface area (Å²) < 4.78 is 0.